The van der Waals surface area contributed by atoms with Gasteiger partial charge in [0.25, 0.3) is 0 Å². The Morgan fingerprint density at radius 1 is 0.882 bits per heavy atom. The Kier molecular flexibility index (Phi) is 12.8. The maximum atomic E-state index is 12.5. The van der Waals surface area contributed by atoms with Gasteiger partial charge in [0.2, 0.25) is 6.79 Å². The van der Waals surface area contributed by atoms with Crippen molar-refractivity contribution < 1.29 is 18.8 Å². The molecule has 4 heteroatoms. The number of quaternary nitrogens is 1. The molecule has 2 rings (SSSR count). The summed E-state index contributed by atoms with van der Waals surface area (Å²) in [7, 11) is 4.41. The molecule has 4 nitrogen and oxygen atoms in total. The molecule has 0 aliphatic heterocycles. The molecule has 0 N–H and O–H groups in total. The lowest BCUT2D eigenvalue weighted by Gasteiger charge is -2.30. The Balaban J connectivity index is 1.68. The highest BCUT2D eigenvalue weighted by Crippen LogP contribution is 2.21. The summed E-state index contributed by atoms with van der Waals surface area (Å²) in [4.78, 5) is 12.5. The van der Waals surface area contributed by atoms with Gasteiger partial charge in [0.15, 0.2) is 0 Å². The second-order valence-electron chi connectivity index (χ2n) is 10.2. The van der Waals surface area contributed by atoms with Crippen LogP contribution in [-0.2, 0) is 22.5 Å². The molecule has 34 heavy (non-hydrogen) atoms. The van der Waals surface area contributed by atoms with Crippen molar-refractivity contribution in [2.45, 2.75) is 78.2 Å². The third kappa shape index (κ3) is 11.2. The second kappa shape index (κ2) is 15.5. The summed E-state index contributed by atoms with van der Waals surface area (Å²) in [6, 6.07) is 18.6. The van der Waals surface area contributed by atoms with E-state index in [0.717, 1.165) is 36.2 Å². The summed E-state index contributed by atoms with van der Waals surface area (Å²) >= 11 is 0. The number of rotatable bonds is 17. The molecule has 0 aromatic heterocycles. The van der Waals surface area contributed by atoms with E-state index in [1.54, 1.807) is 0 Å². The lowest BCUT2D eigenvalue weighted by atomic mass is 10.0. The van der Waals surface area contributed by atoms with E-state index in [2.05, 4.69) is 51.4 Å². The van der Waals surface area contributed by atoms with Crippen LogP contribution in [0.3, 0.4) is 0 Å². The van der Waals surface area contributed by atoms with Crippen LogP contribution in [0.1, 0.15) is 76.3 Å². The number of para-hydroxylation sites is 1. The van der Waals surface area contributed by atoms with Crippen LogP contribution in [0.15, 0.2) is 54.6 Å². The largest absolute Gasteiger partial charge is 0.457 e. The van der Waals surface area contributed by atoms with Gasteiger partial charge in [0.05, 0.1) is 26.6 Å². The molecule has 0 aliphatic carbocycles. The van der Waals surface area contributed by atoms with Crippen molar-refractivity contribution in [3.63, 3.8) is 0 Å². The van der Waals surface area contributed by atoms with E-state index in [0.29, 0.717) is 0 Å². The van der Waals surface area contributed by atoms with Crippen molar-refractivity contribution >= 4 is 5.97 Å². The molecular formula is C30H46NO3+. The number of hydrogen-bond donors (Lipinski definition) is 0. The topological polar surface area (TPSA) is 35.5 Å². The minimum absolute atomic E-state index is 0.0283. The van der Waals surface area contributed by atoms with E-state index in [1.165, 1.54) is 56.1 Å². The summed E-state index contributed by atoms with van der Waals surface area (Å²) in [5.74, 6) is 0.485. The van der Waals surface area contributed by atoms with Gasteiger partial charge in [-0.15, -0.1) is 0 Å². The number of aryl methyl sites for hydroxylation is 1. The average molecular weight is 469 g/mol. The van der Waals surface area contributed by atoms with Crippen LogP contribution >= 0.6 is 0 Å². The number of hydrogen-bond acceptors (Lipinski definition) is 3. The summed E-state index contributed by atoms with van der Waals surface area (Å²) < 4.78 is 12.1. The predicted octanol–water partition coefficient (Wildman–Crippen LogP) is 7.16. The number of ether oxygens (including phenoxy) is 2. The molecule has 1 unspecified atom stereocenters. The molecule has 0 amide bonds. The van der Waals surface area contributed by atoms with Crippen LogP contribution in [0.2, 0.25) is 0 Å². The van der Waals surface area contributed by atoms with Crippen molar-refractivity contribution in [3.05, 3.63) is 65.7 Å². The monoisotopic (exact) mass is 468 g/mol. The summed E-state index contributed by atoms with van der Waals surface area (Å²) in [5.41, 5.74) is 2.51. The first-order valence-corrected chi connectivity index (χ1v) is 13.1. The zero-order valence-corrected chi connectivity index (χ0v) is 21.9. The van der Waals surface area contributed by atoms with Gasteiger partial charge in [0.1, 0.15) is 12.3 Å². The Morgan fingerprint density at radius 2 is 1.53 bits per heavy atom. The maximum absolute atomic E-state index is 12.5. The fourth-order valence-corrected chi connectivity index (χ4v) is 4.23. The van der Waals surface area contributed by atoms with E-state index in [-0.39, 0.29) is 18.7 Å². The second-order valence-corrected chi connectivity index (χ2v) is 10.2. The molecule has 0 fully saturated rings. The third-order valence-corrected chi connectivity index (χ3v) is 6.46. The fourth-order valence-electron chi connectivity index (χ4n) is 4.23. The predicted molar refractivity (Wildman–Crippen MR) is 141 cm³/mol. The van der Waals surface area contributed by atoms with Gasteiger partial charge in [-0.1, -0.05) is 101 Å². The molecule has 2 aromatic carbocycles. The smallest absolute Gasteiger partial charge is 0.311 e. The van der Waals surface area contributed by atoms with Crippen LogP contribution in [-0.4, -0.2) is 37.9 Å². The van der Waals surface area contributed by atoms with E-state index in [1.807, 2.05) is 31.2 Å². The Bertz CT molecular complexity index is 819. The van der Waals surface area contributed by atoms with Crippen LogP contribution in [0.5, 0.6) is 5.75 Å². The molecule has 0 aliphatic rings. The Labute approximate surface area is 207 Å². The molecule has 0 radical (unpaired) electrons. The van der Waals surface area contributed by atoms with E-state index >= 15 is 0 Å². The van der Waals surface area contributed by atoms with E-state index in [4.69, 9.17) is 9.47 Å². The first-order chi connectivity index (χ1) is 16.4. The molecule has 0 saturated heterocycles. The zero-order chi connectivity index (χ0) is 24.7. The van der Waals surface area contributed by atoms with Crippen LogP contribution < -0.4 is 4.74 Å². The van der Waals surface area contributed by atoms with Crippen molar-refractivity contribution in [1.82, 2.24) is 0 Å². The third-order valence-electron chi connectivity index (χ3n) is 6.46. The average Bonchev–Trinajstić information content (AvgIpc) is 2.83. The SMILES string of the molecule is CCCCCCCCCc1ccccc1OCOC(=O)C(C)CC[N+](C)(C)Cc1ccccc1. The van der Waals surface area contributed by atoms with E-state index in [9.17, 15) is 4.79 Å². The van der Waals surface area contributed by atoms with Crippen LogP contribution in [0, 0.1) is 5.92 Å². The molecule has 1 atom stereocenters. The number of nitrogens with zero attached hydrogens (tertiary/aromatic N) is 1. The zero-order valence-electron chi connectivity index (χ0n) is 21.9. The molecule has 0 heterocycles. The molecule has 0 spiro atoms. The van der Waals surface area contributed by atoms with Crippen molar-refractivity contribution in [2.75, 3.05) is 27.4 Å². The maximum Gasteiger partial charge on any atom is 0.311 e. The highest BCUT2D eigenvalue weighted by Gasteiger charge is 2.22. The van der Waals surface area contributed by atoms with Crippen molar-refractivity contribution in [2.24, 2.45) is 5.92 Å². The normalized spacial score (nSPS) is 12.4. The molecule has 0 saturated carbocycles. The highest BCUT2D eigenvalue weighted by molar-refractivity contribution is 5.71. The van der Waals surface area contributed by atoms with Gasteiger partial charge in [-0.2, -0.15) is 0 Å². The minimum atomic E-state index is -0.190. The minimum Gasteiger partial charge on any atom is -0.457 e. The lowest BCUT2D eigenvalue weighted by molar-refractivity contribution is -0.904. The first-order valence-electron chi connectivity index (χ1n) is 13.1. The van der Waals surface area contributed by atoms with Gasteiger partial charge in [-0.25, -0.2) is 0 Å². The molecular weight excluding hydrogens is 422 g/mol. The number of unbranched alkanes of at least 4 members (excludes halogenated alkanes) is 6. The fraction of sp³-hybridized carbons (Fsp3) is 0.567. The quantitative estimate of drug-likeness (QED) is 0.107. The first kappa shape index (κ1) is 27.9. The van der Waals surface area contributed by atoms with Crippen LogP contribution in [0.4, 0.5) is 0 Å². The standard InChI is InChI=1S/C30H46NO3/c1-5-6-7-8-9-10-14-19-28-20-15-16-21-29(28)33-25-34-30(32)26(2)22-23-31(3,4)24-27-17-12-11-13-18-27/h11-13,15-18,20-21,26H,5-10,14,19,22-25H2,1-4H3/q+1. The number of benzene rings is 2. The Hall–Kier alpha value is -2.33. The van der Waals surface area contributed by atoms with Crippen molar-refractivity contribution in [3.8, 4) is 5.75 Å². The summed E-state index contributed by atoms with van der Waals surface area (Å²) in [5, 5.41) is 0. The Morgan fingerprint density at radius 3 is 2.26 bits per heavy atom. The van der Waals surface area contributed by atoms with Gasteiger partial charge in [0, 0.05) is 12.0 Å². The molecule has 188 valence electrons. The number of esters is 1. The van der Waals surface area contributed by atoms with E-state index < -0.39 is 0 Å². The highest BCUT2D eigenvalue weighted by atomic mass is 16.7. The van der Waals surface area contributed by atoms with Gasteiger partial charge in [-0.3, -0.25) is 4.79 Å². The summed E-state index contributed by atoms with van der Waals surface area (Å²) in [6.07, 6.45) is 10.8. The van der Waals surface area contributed by atoms with Crippen molar-refractivity contribution in [1.29, 1.82) is 0 Å². The summed E-state index contributed by atoms with van der Waals surface area (Å²) in [6.45, 7) is 6.02. The molecule has 0 bridgehead atoms. The number of carbonyl (C=O) groups excluding carboxylic acids is 1. The number of carbonyl (C=O) groups is 1. The van der Waals surface area contributed by atoms with Gasteiger partial charge in [-0.05, 0) is 24.5 Å². The molecule has 2 aromatic rings. The lowest BCUT2D eigenvalue weighted by Crippen LogP contribution is -2.40. The van der Waals surface area contributed by atoms with Crippen LogP contribution in [0.25, 0.3) is 0 Å². The van der Waals surface area contributed by atoms with Gasteiger partial charge < -0.3 is 14.0 Å². The van der Waals surface area contributed by atoms with Gasteiger partial charge >= 0.3 is 5.97 Å².